The first kappa shape index (κ1) is 16.3. The monoisotopic (exact) mass is 353 g/mol. The van der Waals surface area contributed by atoms with E-state index in [2.05, 4.69) is 5.16 Å². The maximum Gasteiger partial charge on any atom is 0.317 e. The van der Waals surface area contributed by atoms with Crippen LogP contribution in [-0.4, -0.2) is 23.3 Å². The molecule has 1 saturated carbocycles. The van der Waals surface area contributed by atoms with Crippen molar-refractivity contribution in [2.45, 2.75) is 18.3 Å². The highest BCUT2D eigenvalue weighted by Crippen LogP contribution is 2.53. The average molecular weight is 353 g/mol. The first-order chi connectivity index (χ1) is 12.6. The van der Waals surface area contributed by atoms with Crippen LogP contribution >= 0.6 is 0 Å². The minimum Gasteiger partial charge on any atom is -0.494 e. The van der Waals surface area contributed by atoms with Crippen LogP contribution in [0.2, 0.25) is 0 Å². The molecule has 5 nitrogen and oxygen atoms in total. The van der Waals surface area contributed by atoms with Crippen LogP contribution in [0.4, 0.5) is 4.39 Å². The number of carboxylic acids is 1. The number of carbonyl (C=O) groups is 1. The third-order valence-electron chi connectivity index (χ3n) is 4.77. The molecule has 1 aliphatic carbocycles. The van der Waals surface area contributed by atoms with Crippen LogP contribution in [0.3, 0.4) is 0 Å². The van der Waals surface area contributed by atoms with Crippen molar-refractivity contribution in [3.05, 3.63) is 60.1 Å². The van der Waals surface area contributed by atoms with Gasteiger partial charge < -0.3 is 14.4 Å². The maximum absolute atomic E-state index is 14.2. The lowest BCUT2D eigenvalue weighted by Gasteiger charge is -2.10. The number of methoxy groups -OCH3 is 1. The summed E-state index contributed by atoms with van der Waals surface area (Å²) in [6.07, 6.45) is 0.988. The number of hydrogen-bond donors (Lipinski definition) is 1. The third kappa shape index (κ3) is 2.45. The van der Waals surface area contributed by atoms with Gasteiger partial charge in [-0.2, -0.15) is 0 Å². The highest BCUT2D eigenvalue weighted by atomic mass is 19.1. The molecule has 1 aliphatic rings. The number of hydrogen-bond acceptors (Lipinski definition) is 4. The van der Waals surface area contributed by atoms with Gasteiger partial charge in [0.05, 0.1) is 12.7 Å². The molecule has 1 aromatic heterocycles. The lowest BCUT2D eigenvalue weighted by molar-refractivity contribution is -0.140. The quantitative estimate of drug-likeness (QED) is 0.741. The number of carboxylic acid groups (broad SMARTS) is 1. The van der Waals surface area contributed by atoms with E-state index in [4.69, 9.17) is 9.26 Å². The van der Waals surface area contributed by atoms with Crippen molar-refractivity contribution in [3.8, 4) is 28.1 Å². The Labute approximate surface area is 149 Å². The van der Waals surface area contributed by atoms with E-state index in [1.165, 1.54) is 19.2 Å². The predicted molar refractivity (Wildman–Crippen MR) is 92.4 cm³/mol. The normalized spacial score (nSPS) is 14.8. The molecule has 1 N–H and O–H groups in total. The van der Waals surface area contributed by atoms with Crippen LogP contribution in [-0.2, 0) is 10.2 Å². The fourth-order valence-corrected chi connectivity index (χ4v) is 3.16. The Morgan fingerprint density at radius 3 is 2.50 bits per heavy atom. The second-order valence-corrected chi connectivity index (χ2v) is 6.34. The van der Waals surface area contributed by atoms with Crippen LogP contribution in [0.15, 0.2) is 53.1 Å². The molecular formula is C20H16FNO4. The second kappa shape index (κ2) is 5.98. The van der Waals surface area contributed by atoms with Gasteiger partial charge in [-0.15, -0.1) is 0 Å². The molecule has 0 saturated heterocycles. The summed E-state index contributed by atoms with van der Waals surface area (Å²) in [5.41, 5.74) is 1.23. The molecule has 0 amide bonds. The largest absolute Gasteiger partial charge is 0.494 e. The molecule has 4 rings (SSSR count). The van der Waals surface area contributed by atoms with E-state index in [-0.39, 0.29) is 5.75 Å². The molecular weight excluding hydrogens is 337 g/mol. The second-order valence-electron chi connectivity index (χ2n) is 6.34. The van der Waals surface area contributed by atoms with Crippen molar-refractivity contribution in [2.24, 2.45) is 0 Å². The van der Waals surface area contributed by atoms with Crippen molar-refractivity contribution in [1.82, 2.24) is 5.16 Å². The molecule has 1 fully saturated rings. The van der Waals surface area contributed by atoms with Crippen molar-refractivity contribution >= 4 is 5.97 Å². The summed E-state index contributed by atoms with van der Waals surface area (Å²) in [5, 5.41) is 13.8. The minimum absolute atomic E-state index is 0.128. The van der Waals surface area contributed by atoms with Gasteiger partial charge in [0.1, 0.15) is 11.1 Å². The van der Waals surface area contributed by atoms with Crippen LogP contribution in [0, 0.1) is 5.82 Å². The van der Waals surface area contributed by atoms with Gasteiger partial charge in [-0.1, -0.05) is 35.5 Å². The summed E-state index contributed by atoms with van der Waals surface area (Å²) < 4.78 is 24.6. The minimum atomic E-state index is -1.05. The molecule has 132 valence electrons. The van der Waals surface area contributed by atoms with Gasteiger partial charge in [-0.05, 0) is 36.6 Å². The summed E-state index contributed by atoms with van der Waals surface area (Å²) in [6.45, 7) is 0. The first-order valence-corrected chi connectivity index (χ1v) is 8.20. The molecule has 0 aliphatic heterocycles. The molecule has 2 aromatic carbocycles. The number of ether oxygens (including phenoxy) is 1. The Balaban J connectivity index is 1.93. The SMILES string of the molecule is COc1ccc(-c2noc(C3(C(=O)O)CC3)c2-c2ccccc2)cc1F. The Kier molecular flexibility index (Phi) is 3.76. The molecule has 6 heteroatoms. The molecule has 0 unspecified atom stereocenters. The van der Waals surface area contributed by atoms with Crippen LogP contribution in [0.25, 0.3) is 22.4 Å². The molecule has 0 bridgehead atoms. The maximum atomic E-state index is 14.2. The Hall–Kier alpha value is -3.15. The van der Waals surface area contributed by atoms with E-state index in [1.807, 2.05) is 30.3 Å². The van der Waals surface area contributed by atoms with E-state index in [1.54, 1.807) is 6.07 Å². The zero-order valence-electron chi connectivity index (χ0n) is 14.0. The topological polar surface area (TPSA) is 72.6 Å². The fourth-order valence-electron chi connectivity index (χ4n) is 3.16. The number of aliphatic carboxylic acids is 1. The highest BCUT2D eigenvalue weighted by Gasteiger charge is 2.57. The van der Waals surface area contributed by atoms with Gasteiger partial charge in [0.15, 0.2) is 17.3 Å². The highest BCUT2D eigenvalue weighted by molar-refractivity contribution is 5.91. The fraction of sp³-hybridized carbons (Fsp3) is 0.200. The number of aromatic nitrogens is 1. The number of rotatable bonds is 5. The lowest BCUT2D eigenvalue weighted by atomic mass is 9.92. The molecule has 26 heavy (non-hydrogen) atoms. The van der Waals surface area contributed by atoms with Gasteiger partial charge in [-0.25, -0.2) is 4.39 Å². The van der Waals surface area contributed by atoms with E-state index >= 15 is 0 Å². The van der Waals surface area contributed by atoms with Gasteiger partial charge >= 0.3 is 5.97 Å². The van der Waals surface area contributed by atoms with Crippen molar-refractivity contribution < 1.29 is 23.6 Å². The van der Waals surface area contributed by atoms with Crippen LogP contribution in [0.1, 0.15) is 18.6 Å². The van der Waals surface area contributed by atoms with E-state index in [9.17, 15) is 14.3 Å². The van der Waals surface area contributed by atoms with Gasteiger partial charge in [0.2, 0.25) is 0 Å². The van der Waals surface area contributed by atoms with Gasteiger partial charge in [0, 0.05) is 5.56 Å². The van der Waals surface area contributed by atoms with Crippen LogP contribution < -0.4 is 4.74 Å². The summed E-state index contributed by atoms with van der Waals surface area (Å²) in [5.74, 6) is -1.00. The van der Waals surface area contributed by atoms with Crippen molar-refractivity contribution in [1.29, 1.82) is 0 Å². The van der Waals surface area contributed by atoms with Crippen molar-refractivity contribution in [2.75, 3.05) is 7.11 Å². The van der Waals surface area contributed by atoms with E-state index < -0.39 is 17.2 Å². The van der Waals surface area contributed by atoms with E-state index in [0.717, 1.165) is 5.56 Å². The zero-order valence-corrected chi connectivity index (χ0v) is 14.0. The Bertz CT molecular complexity index is 977. The van der Waals surface area contributed by atoms with Gasteiger partial charge in [0.25, 0.3) is 0 Å². The summed E-state index contributed by atoms with van der Waals surface area (Å²) in [4.78, 5) is 11.8. The first-order valence-electron chi connectivity index (χ1n) is 8.20. The summed E-state index contributed by atoms with van der Waals surface area (Å²) in [7, 11) is 1.39. The summed E-state index contributed by atoms with van der Waals surface area (Å²) >= 11 is 0. The smallest absolute Gasteiger partial charge is 0.317 e. The van der Waals surface area contributed by atoms with Crippen molar-refractivity contribution in [3.63, 3.8) is 0 Å². The van der Waals surface area contributed by atoms with Crippen LogP contribution in [0.5, 0.6) is 5.75 Å². The number of benzene rings is 2. The molecule has 1 heterocycles. The average Bonchev–Trinajstić information content (AvgIpc) is 3.35. The Morgan fingerprint density at radius 1 is 1.19 bits per heavy atom. The van der Waals surface area contributed by atoms with E-state index in [0.29, 0.717) is 35.4 Å². The zero-order chi connectivity index (χ0) is 18.3. The summed E-state index contributed by atoms with van der Waals surface area (Å²) in [6, 6.07) is 13.8. The molecule has 0 atom stereocenters. The Morgan fingerprint density at radius 2 is 1.92 bits per heavy atom. The molecule has 3 aromatic rings. The standard InChI is InChI=1S/C20H16FNO4/c1-25-15-8-7-13(11-14(15)21)17-16(12-5-3-2-4-6-12)18(26-22-17)20(9-10-20)19(23)24/h2-8,11H,9-10H2,1H3,(H,23,24). The molecule has 0 spiro atoms. The molecule has 0 radical (unpaired) electrons. The number of nitrogens with zero attached hydrogens (tertiary/aromatic N) is 1. The third-order valence-corrected chi connectivity index (χ3v) is 4.77. The van der Waals surface area contributed by atoms with Gasteiger partial charge in [-0.3, -0.25) is 4.79 Å². The lowest BCUT2D eigenvalue weighted by Crippen LogP contribution is -2.19. The number of halogens is 1. The predicted octanol–water partition coefficient (Wildman–Crippen LogP) is 4.27.